The molecule has 3 N–H and O–H groups in total. The molecule has 1 radical (unpaired) electrons. The van der Waals surface area contributed by atoms with Gasteiger partial charge >= 0.3 is 0 Å². The Labute approximate surface area is 41.4 Å². The van der Waals surface area contributed by atoms with Gasteiger partial charge in [0.05, 0.1) is 0 Å². The number of aliphatic hydroxyl groups excluding tert-OH is 1. The molecule has 0 fully saturated rings. The van der Waals surface area contributed by atoms with Gasteiger partial charge in [-0.25, -0.2) is 0 Å². The van der Waals surface area contributed by atoms with Crippen LogP contribution in [-0.4, -0.2) is 11.0 Å². The zero-order valence-electron chi connectivity index (χ0n) is 3.72. The zero-order chi connectivity index (χ0) is 5.86. The maximum atomic E-state index is 9.79. The summed E-state index contributed by atoms with van der Waals surface area (Å²) in [6, 6.07) is 0. The Kier molecular flexibility index (Phi) is 2.08. The lowest BCUT2D eigenvalue weighted by Crippen LogP contribution is -2.18. The lowest BCUT2D eigenvalue weighted by Gasteiger charge is -1.91. The van der Waals surface area contributed by atoms with Crippen molar-refractivity contribution in [1.82, 2.24) is 0 Å². The van der Waals surface area contributed by atoms with Crippen molar-refractivity contribution in [2.75, 3.05) is 0 Å². The highest BCUT2D eigenvalue weighted by molar-refractivity contribution is 5.88. The molecule has 3 nitrogen and oxygen atoms in total. The van der Waals surface area contributed by atoms with Crippen molar-refractivity contribution in [2.45, 2.75) is 0 Å². The summed E-state index contributed by atoms with van der Waals surface area (Å²) in [5.41, 5.74) is 4.55. The highest BCUT2D eigenvalue weighted by Gasteiger charge is 2.04. The summed E-state index contributed by atoms with van der Waals surface area (Å²) in [6.45, 7) is 3.09. The zero-order valence-corrected chi connectivity index (χ0v) is 3.72. The number of carbonyl (C=O) groups is 1. The predicted molar refractivity (Wildman–Crippen MR) is 24.6 cm³/mol. The number of nitrogens with two attached hydrogens (primary N) is 1. The minimum absolute atomic E-state index is 0.500. The van der Waals surface area contributed by atoms with Crippen LogP contribution in [0.3, 0.4) is 0 Å². The Morgan fingerprint density at radius 2 is 2.29 bits per heavy atom. The normalized spacial score (nSPS) is 8.86. The molecule has 0 bridgehead atoms. The van der Waals surface area contributed by atoms with Crippen LogP contribution < -0.4 is 5.73 Å². The Balaban J connectivity index is 3.55. The standard InChI is InChI=1S/C4H6NO2/c1-2-3(6)4(5)7/h2,6H,1H2,(H2,5,7). The first kappa shape index (κ1) is 6.17. The van der Waals surface area contributed by atoms with Gasteiger partial charge in [0.25, 0.3) is 5.91 Å². The third-order valence-electron chi connectivity index (χ3n) is 0.446. The smallest absolute Gasteiger partial charge is 0.257 e. The van der Waals surface area contributed by atoms with E-state index >= 15 is 0 Å². The molecule has 3 heteroatoms. The summed E-state index contributed by atoms with van der Waals surface area (Å²) in [5, 5.41) is 8.26. The van der Waals surface area contributed by atoms with Crippen LogP contribution >= 0.6 is 0 Å². The largest absolute Gasteiger partial charge is 0.373 e. The predicted octanol–water partition coefficient (Wildman–Crippen LogP) is -0.438. The van der Waals surface area contributed by atoms with Crippen LogP contribution in [0.25, 0.3) is 0 Å². The lowest BCUT2D eigenvalue weighted by molar-refractivity contribution is -0.119. The molecule has 0 saturated heterocycles. The summed E-state index contributed by atoms with van der Waals surface area (Å²) in [5.74, 6) is -0.852. The number of amides is 1. The van der Waals surface area contributed by atoms with Crippen molar-refractivity contribution < 1.29 is 9.90 Å². The van der Waals surface area contributed by atoms with Gasteiger partial charge in [0.15, 0.2) is 0 Å². The molecule has 0 spiro atoms. The molecule has 0 aliphatic rings. The summed E-state index contributed by atoms with van der Waals surface area (Å²) >= 11 is 0. The van der Waals surface area contributed by atoms with Gasteiger partial charge in [0.1, 0.15) is 0 Å². The summed E-state index contributed by atoms with van der Waals surface area (Å²) < 4.78 is 0. The maximum Gasteiger partial charge on any atom is 0.257 e. The Hall–Kier alpha value is -0.830. The molecule has 0 saturated carbocycles. The second-order valence-electron chi connectivity index (χ2n) is 0.954. The summed E-state index contributed by atoms with van der Waals surface area (Å²) in [4.78, 5) is 9.79. The number of primary amides is 1. The molecule has 39 valence electrons. The Bertz CT molecular complexity index is 89.7. The van der Waals surface area contributed by atoms with Crippen molar-refractivity contribution in [3.63, 3.8) is 0 Å². The van der Waals surface area contributed by atoms with Gasteiger partial charge in [-0.2, -0.15) is 0 Å². The van der Waals surface area contributed by atoms with E-state index in [9.17, 15) is 4.79 Å². The summed E-state index contributed by atoms with van der Waals surface area (Å²) in [6.07, 6.45) is 0.488. The minimum atomic E-state index is -0.852. The average molecular weight is 100 g/mol. The first-order valence-corrected chi connectivity index (χ1v) is 1.66. The maximum absolute atomic E-state index is 9.79. The van der Waals surface area contributed by atoms with Crippen LogP contribution in [-0.2, 0) is 4.79 Å². The first-order valence-electron chi connectivity index (χ1n) is 1.66. The molecule has 0 aromatic rings. The quantitative estimate of drug-likeness (QED) is 0.494. The molecular formula is C4H6NO2. The van der Waals surface area contributed by atoms with E-state index in [0.717, 1.165) is 6.08 Å². The van der Waals surface area contributed by atoms with Crippen LogP contribution in [0.4, 0.5) is 0 Å². The van der Waals surface area contributed by atoms with Gasteiger partial charge in [-0.15, -0.1) is 0 Å². The number of hydrogen-bond donors (Lipinski definition) is 2. The van der Waals surface area contributed by atoms with Crippen LogP contribution in [0.5, 0.6) is 0 Å². The molecule has 0 aliphatic carbocycles. The fraction of sp³-hybridized carbons (Fsp3) is 0. The van der Waals surface area contributed by atoms with E-state index in [-0.39, 0.29) is 0 Å². The van der Waals surface area contributed by atoms with E-state index in [1.54, 1.807) is 0 Å². The molecule has 0 aromatic heterocycles. The third kappa shape index (κ3) is 1.94. The number of carbonyl (C=O) groups excluding carboxylic acids is 1. The first-order chi connectivity index (χ1) is 3.18. The molecule has 0 aliphatic heterocycles. The molecule has 0 aromatic carbocycles. The van der Waals surface area contributed by atoms with Gasteiger partial charge < -0.3 is 10.8 Å². The molecule has 1 amide bonds. The van der Waals surface area contributed by atoms with Gasteiger partial charge in [0.2, 0.25) is 6.10 Å². The van der Waals surface area contributed by atoms with Crippen molar-refractivity contribution in [3.8, 4) is 0 Å². The van der Waals surface area contributed by atoms with Gasteiger partial charge in [0, 0.05) is 0 Å². The van der Waals surface area contributed by atoms with E-state index in [1.807, 2.05) is 0 Å². The third-order valence-corrected chi connectivity index (χ3v) is 0.446. The van der Waals surface area contributed by atoms with E-state index < -0.39 is 12.0 Å². The van der Waals surface area contributed by atoms with Crippen LogP contribution in [0.2, 0.25) is 0 Å². The second-order valence-corrected chi connectivity index (χ2v) is 0.954. The average Bonchev–Trinajstić information content (AvgIpc) is 1.65. The molecule has 0 rings (SSSR count). The van der Waals surface area contributed by atoms with Crippen LogP contribution in [0.15, 0.2) is 12.7 Å². The molecule has 0 atom stereocenters. The van der Waals surface area contributed by atoms with Crippen LogP contribution in [0, 0.1) is 6.10 Å². The monoisotopic (exact) mass is 100 g/mol. The molecular weight excluding hydrogens is 94.0 g/mol. The van der Waals surface area contributed by atoms with Gasteiger partial charge in [-0.05, 0) is 6.08 Å². The summed E-state index contributed by atoms with van der Waals surface area (Å²) in [7, 11) is 0. The topological polar surface area (TPSA) is 63.3 Å². The fourth-order valence-electron chi connectivity index (χ4n) is 0.101. The molecule has 7 heavy (non-hydrogen) atoms. The van der Waals surface area contributed by atoms with E-state index in [4.69, 9.17) is 5.11 Å². The van der Waals surface area contributed by atoms with E-state index in [1.165, 1.54) is 0 Å². The van der Waals surface area contributed by atoms with E-state index in [0.29, 0.717) is 0 Å². The van der Waals surface area contributed by atoms with Gasteiger partial charge in [-0.1, -0.05) is 6.58 Å². The van der Waals surface area contributed by atoms with Gasteiger partial charge in [-0.3, -0.25) is 4.79 Å². The van der Waals surface area contributed by atoms with Crippen molar-refractivity contribution in [2.24, 2.45) is 5.73 Å². The van der Waals surface area contributed by atoms with Crippen molar-refractivity contribution in [1.29, 1.82) is 0 Å². The Morgan fingerprint density at radius 1 is 1.86 bits per heavy atom. The lowest BCUT2D eigenvalue weighted by atomic mass is 10.3. The van der Waals surface area contributed by atoms with Crippen LogP contribution in [0.1, 0.15) is 0 Å². The van der Waals surface area contributed by atoms with E-state index in [2.05, 4.69) is 12.3 Å². The highest BCUT2D eigenvalue weighted by Crippen LogP contribution is 1.88. The van der Waals surface area contributed by atoms with Crippen molar-refractivity contribution in [3.05, 3.63) is 18.8 Å². The minimum Gasteiger partial charge on any atom is -0.373 e. The second kappa shape index (κ2) is 2.36. The molecule has 0 unspecified atom stereocenters. The molecule has 0 heterocycles. The number of aliphatic hydroxyl groups is 1. The fourth-order valence-corrected chi connectivity index (χ4v) is 0.101. The van der Waals surface area contributed by atoms with Crippen molar-refractivity contribution >= 4 is 5.91 Å². The number of hydrogen-bond acceptors (Lipinski definition) is 2. The number of rotatable bonds is 2. The Morgan fingerprint density at radius 3 is 2.29 bits per heavy atom. The SMILES string of the molecule is C=C[C](O)C(N)=O. The highest BCUT2D eigenvalue weighted by atomic mass is 16.3.